The number of amides is 1. The topological polar surface area (TPSA) is 70.2 Å². The fourth-order valence-electron chi connectivity index (χ4n) is 2.58. The Morgan fingerprint density at radius 3 is 3.05 bits per heavy atom. The van der Waals surface area contributed by atoms with Gasteiger partial charge in [-0.05, 0) is 31.2 Å². The lowest BCUT2D eigenvalue weighted by Crippen LogP contribution is -2.38. The highest BCUT2D eigenvalue weighted by molar-refractivity contribution is 5.95. The number of carbonyl (C=O) groups is 1. The number of hydrogen-bond acceptors (Lipinski definition) is 5. The largest absolute Gasteiger partial charge is 0.339 e. The van der Waals surface area contributed by atoms with Crippen molar-refractivity contribution in [1.29, 1.82) is 0 Å². The number of aromatic nitrogens is 2. The Morgan fingerprint density at radius 1 is 1.41 bits per heavy atom. The van der Waals surface area contributed by atoms with Gasteiger partial charge < -0.3 is 15.5 Å². The molecule has 22 heavy (non-hydrogen) atoms. The summed E-state index contributed by atoms with van der Waals surface area (Å²) in [6, 6.07) is 7.72. The molecule has 0 spiro atoms. The van der Waals surface area contributed by atoms with E-state index in [0.717, 1.165) is 25.2 Å². The zero-order valence-electron chi connectivity index (χ0n) is 12.5. The predicted molar refractivity (Wildman–Crippen MR) is 85.1 cm³/mol. The van der Waals surface area contributed by atoms with Crippen LogP contribution in [0.2, 0.25) is 0 Å². The lowest BCUT2D eigenvalue weighted by molar-refractivity contribution is 0.0744. The Hall–Kier alpha value is -2.47. The zero-order valence-corrected chi connectivity index (χ0v) is 12.5. The Labute approximate surface area is 129 Å². The molecule has 2 N–H and O–H groups in total. The molecule has 1 fully saturated rings. The minimum absolute atomic E-state index is 0.0384. The monoisotopic (exact) mass is 297 g/mol. The number of anilines is 2. The van der Waals surface area contributed by atoms with E-state index in [1.807, 2.05) is 36.2 Å². The van der Waals surface area contributed by atoms with Gasteiger partial charge in [-0.3, -0.25) is 9.78 Å². The number of carbonyl (C=O) groups excluding carboxylic acids is 1. The van der Waals surface area contributed by atoms with Crippen LogP contribution >= 0.6 is 0 Å². The summed E-state index contributed by atoms with van der Waals surface area (Å²) in [4.78, 5) is 22.6. The van der Waals surface area contributed by atoms with Crippen molar-refractivity contribution in [3.05, 3.63) is 48.4 Å². The minimum Gasteiger partial charge on any atom is -0.339 e. The van der Waals surface area contributed by atoms with Crippen molar-refractivity contribution in [2.45, 2.75) is 12.5 Å². The molecule has 0 radical (unpaired) electrons. The third-order valence-electron chi connectivity index (χ3n) is 3.85. The number of nitrogens with one attached hydrogen (secondary N) is 2. The number of benzene rings is 1. The van der Waals surface area contributed by atoms with E-state index in [4.69, 9.17) is 0 Å². The van der Waals surface area contributed by atoms with Gasteiger partial charge in [0, 0.05) is 43.3 Å². The standard InChI is InChI=1S/C16H19N5O/c1-21(14-5-6-17-10-14)16(22)12-3-2-4-13(9-12)20-15-11-18-7-8-19-15/h2-4,7-9,11,14,17H,5-6,10H2,1H3,(H,19,20)/t14-/m0/s1. The van der Waals surface area contributed by atoms with Crippen LogP contribution in [-0.4, -0.2) is 47.0 Å². The van der Waals surface area contributed by atoms with E-state index in [1.165, 1.54) is 0 Å². The molecule has 6 nitrogen and oxygen atoms in total. The third kappa shape index (κ3) is 3.23. The average Bonchev–Trinajstić information content (AvgIpc) is 3.09. The van der Waals surface area contributed by atoms with Crippen LogP contribution in [0.25, 0.3) is 0 Å². The molecule has 1 saturated heterocycles. The number of nitrogens with zero attached hydrogens (tertiary/aromatic N) is 3. The van der Waals surface area contributed by atoms with Gasteiger partial charge in [0.2, 0.25) is 0 Å². The number of rotatable bonds is 4. The van der Waals surface area contributed by atoms with Crippen molar-refractivity contribution in [2.75, 3.05) is 25.5 Å². The molecule has 2 aromatic rings. The van der Waals surface area contributed by atoms with Crippen molar-refractivity contribution in [3.8, 4) is 0 Å². The van der Waals surface area contributed by atoms with E-state index < -0.39 is 0 Å². The van der Waals surface area contributed by atoms with E-state index in [1.54, 1.807) is 18.6 Å². The SMILES string of the molecule is CN(C(=O)c1cccc(Nc2cnccn2)c1)[C@H]1CCNC1. The van der Waals surface area contributed by atoms with E-state index >= 15 is 0 Å². The van der Waals surface area contributed by atoms with Crippen LogP contribution in [-0.2, 0) is 0 Å². The summed E-state index contributed by atoms with van der Waals surface area (Å²) in [5.41, 5.74) is 1.49. The molecule has 1 atom stereocenters. The van der Waals surface area contributed by atoms with Crippen LogP contribution < -0.4 is 10.6 Å². The molecule has 1 aromatic carbocycles. The lowest BCUT2D eigenvalue weighted by Gasteiger charge is -2.24. The quantitative estimate of drug-likeness (QED) is 0.898. The Bertz CT molecular complexity index is 640. The molecular weight excluding hydrogens is 278 g/mol. The Morgan fingerprint density at radius 2 is 2.32 bits per heavy atom. The fourth-order valence-corrected chi connectivity index (χ4v) is 2.58. The molecule has 0 bridgehead atoms. The summed E-state index contributed by atoms with van der Waals surface area (Å²) in [5, 5.41) is 6.43. The first-order valence-electron chi connectivity index (χ1n) is 7.35. The molecule has 1 amide bonds. The number of likely N-dealkylation sites (N-methyl/N-ethyl adjacent to an activating group) is 1. The first kappa shape index (κ1) is 14.5. The van der Waals surface area contributed by atoms with Crippen molar-refractivity contribution in [1.82, 2.24) is 20.2 Å². The minimum atomic E-state index is 0.0384. The molecule has 3 rings (SSSR count). The summed E-state index contributed by atoms with van der Waals surface area (Å²) < 4.78 is 0. The van der Waals surface area contributed by atoms with Crippen molar-refractivity contribution in [3.63, 3.8) is 0 Å². The predicted octanol–water partition coefficient (Wildman–Crippen LogP) is 1.65. The highest BCUT2D eigenvalue weighted by Gasteiger charge is 2.24. The molecule has 114 valence electrons. The Balaban J connectivity index is 1.74. The summed E-state index contributed by atoms with van der Waals surface area (Å²) in [7, 11) is 1.86. The van der Waals surface area contributed by atoms with Gasteiger partial charge in [-0.1, -0.05) is 6.07 Å². The van der Waals surface area contributed by atoms with Crippen LogP contribution in [0.15, 0.2) is 42.9 Å². The molecule has 0 aliphatic carbocycles. The molecule has 0 saturated carbocycles. The van der Waals surface area contributed by atoms with Crippen molar-refractivity contribution < 1.29 is 4.79 Å². The van der Waals surface area contributed by atoms with Gasteiger partial charge in [-0.15, -0.1) is 0 Å². The summed E-state index contributed by atoms with van der Waals surface area (Å²) >= 11 is 0. The maximum Gasteiger partial charge on any atom is 0.253 e. The van der Waals surface area contributed by atoms with Gasteiger partial charge >= 0.3 is 0 Å². The molecular formula is C16H19N5O. The first-order chi connectivity index (χ1) is 10.7. The molecule has 1 aliphatic heterocycles. The van der Waals surface area contributed by atoms with Gasteiger partial charge in [0.05, 0.1) is 6.20 Å². The van der Waals surface area contributed by atoms with Gasteiger partial charge in [0.25, 0.3) is 5.91 Å². The van der Waals surface area contributed by atoms with Crippen LogP contribution in [0, 0.1) is 0 Å². The zero-order chi connectivity index (χ0) is 15.4. The van der Waals surface area contributed by atoms with Crippen LogP contribution in [0.1, 0.15) is 16.8 Å². The van der Waals surface area contributed by atoms with Gasteiger partial charge in [0.1, 0.15) is 5.82 Å². The van der Waals surface area contributed by atoms with Crippen LogP contribution in [0.3, 0.4) is 0 Å². The maximum absolute atomic E-state index is 12.6. The first-order valence-corrected chi connectivity index (χ1v) is 7.35. The molecule has 0 unspecified atom stereocenters. The highest BCUT2D eigenvalue weighted by atomic mass is 16.2. The summed E-state index contributed by atoms with van der Waals surface area (Å²) in [6.07, 6.45) is 5.89. The van der Waals surface area contributed by atoms with Crippen LogP contribution in [0.4, 0.5) is 11.5 Å². The van der Waals surface area contributed by atoms with Crippen LogP contribution in [0.5, 0.6) is 0 Å². The van der Waals surface area contributed by atoms with E-state index in [-0.39, 0.29) is 11.9 Å². The Kier molecular flexibility index (Phi) is 4.29. The fraction of sp³-hybridized carbons (Fsp3) is 0.312. The second-order valence-electron chi connectivity index (χ2n) is 5.36. The smallest absolute Gasteiger partial charge is 0.253 e. The van der Waals surface area contributed by atoms with Gasteiger partial charge in [0.15, 0.2) is 0 Å². The number of hydrogen-bond donors (Lipinski definition) is 2. The van der Waals surface area contributed by atoms with E-state index in [9.17, 15) is 4.79 Å². The molecule has 2 heterocycles. The maximum atomic E-state index is 12.6. The molecule has 1 aliphatic rings. The molecule has 6 heteroatoms. The third-order valence-corrected chi connectivity index (χ3v) is 3.85. The highest BCUT2D eigenvalue weighted by Crippen LogP contribution is 2.18. The second kappa shape index (κ2) is 6.53. The lowest BCUT2D eigenvalue weighted by atomic mass is 10.1. The van der Waals surface area contributed by atoms with Crippen molar-refractivity contribution in [2.24, 2.45) is 0 Å². The summed E-state index contributed by atoms with van der Waals surface area (Å²) in [6.45, 7) is 1.83. The average molecular weight is 297 g/mol. The normalized spacial score (nSPS) is 17.2. The second-order valence-corrected chi connectivity index (χ2v) is 5.36. The summed E-state index contributed by atoms with van der Waals surface area (Å²) in [5.74, 6) is 0.692. The van der Waals surface area contributed by atoms with Gasteiger partial charge in [-0.2, -0.15) is 0 Å². The van der Waals surface area contributed by atoms with Crippen molar-refractivity contribution >= 4 is 17.4 Å². The molecule has 1 aromatic heterocycles. The van der Waals surface area contributed by atoms with Gasteiger partial charge in [-0.25, -0.2) is 4.98 Å². The van der Waals surface area contributed by atoms with E-state index in [2.05, 4.69) is 20.6 Å². The van der Waals surface area contributed by atoms with E-state index in [0.29, 0.717) is 11.4 Å².